The van der Waals surface area contributed by atoms with E-state index < -0.39 is 17.7 Å². The normalized spacial score (nSPS) is 12.4. The number of nitrogens with zero attached hydrogens (tertiary/aromatic N) is 1. The summed E-state index contributed by atoms with van der Waals surface area (Å²) in [5, 5.41) is 6.82. The van der Waals surface area contributed by atoms with Crippen LogP contribution >= 0.6 is 22.7 Å². The van der Waals surface area contributed by atoms with E-state index in [0.29, 0.717) is 19.5 Å². The van der Waals surface area contributed by atoms with Crippen LogP contribution in [-0.4, -0.2) is 28.5 Å². The number of hydrogen-bond donors (Lipinski definition) is 1. The fraction of sp³-hybridized carbons (Fsp3) is 0.524. The van der Waals surface area contributed by atoms with Crippen LogP contribution in [0.25, 0.3) is 0 Å². The summed E-state index contributed by atoms with van der Waals surface area (Å²) >= 11 is 3.26. The Kier molecular flexibility index (Phi) is 8.51. The molecule has 0 aliphatic carbocycles. The monoisotopic (exact) mass is 422 g/mol. The molecule has 0 saturated heterocycles. The highest BCUT2D eigenvalue weighted by atomic mass is 32.1. The second kappa shape index (κ2) is 10.6. The Bertz CT molecular complexity index is 685. The van der Waals surface area contributed by atoms with Crippen LogP contribution in [0.3, 0.4) is 0 Å². The van der Waals surface area contributed by atoms with Gasteiger partial charge in [0.2, 0.25) is 5.91 Å². The number of amides is 2. The lowest BCUT2D eigenvalue weighted by molar-refractivity contribution is -0.134. The summed E-state index contributed by atoms with van der Waals surface area (Å²) in [6.07, 6.45) is 1.86. The molecule has 1 N–H and O–H groups in total. The average molecular weight is 423 g/mol. The van der Waals surface area contributed by atoms with Crippen LogP contribution < -0.4 is 5.32 Å². The van der Waals surface area contributed by atoms with E-state index in [1.54, 1.807) is 22.7 Å². The Morgan fingerprint density at radius 3 is 2.11 bits per heavy atom. The average Bonchev–Trinajstić information content (AvgIpc) is 3.29. The van der Waals surface area contributed by atoms with Crippen LogP contribution in [0.4, 0.5) is 4.79 Å². The van der Waals surface area contributed by atoms with Gasteiger partial charge in [-0.15, -0.1) is 22.7 Å². The standard InChI is InChI=1S/C21H30N2O3S2/c1-5-6-11-18(22-20(25)26-21(2,3)4)19(24)23(14-16-9-7-12-27-16)15-17-10-8-13-28-17/h7-10,12-13,18H,5-6,11,14-15H2,1-4H3,(H,22,25)/t18-/m1/s1. The summed E-state index contributed by atoms with van der Waals surface area (Å²) in [6, 6.07) is 7.45. The molecular weight excluding hydrogens is 392 g/mol. The predicted molar refractivity (Wildman–Crippen MR) is 116 cm³/mol. The largest absolute Gasteiger partial charge is 0.444 e. The van der Waals surface area contributed by atoms with Gasteiger partial charge < -0.3 is 15.0 Å². The first kappa shape index (κ1) is 22.4. The zero-order chi connectivity index (χ0) is 20.6. The molecule has 0 aliphatic rings. The molecule has 2 aromatic rings. The molecule has 1 atom stereocenters. The Labute approximate surface area is 175 Å². The molecule has 7 heteroatoms. The van der Waals surface area contributed by atoms with Crippen molar-refractivity contribution < 1.29 is 14.3 Å². The molecule has 2 aromatic heterocycles. The Hall–Kier alpha value is -1.86. The van der Waals surface area contributed by atoms with Crippen molar-refractivity contribution >= 4 is 34.7 Å². The van der Waals surface area contributed by atoms with Crippen LogP contribution in [0, 0.1) is 0 Å². The summed E-state index contributed by atoms with van der Waals surface area (Å²) in [6.45, 7) is 8.59. The molecule has 28 heavy (non-hydrogen) atoms. The van der Waals surface area contributed by atoms with Crippen molar-refractivity contribution in [2.24, 2.45) is 0 Å². The van der Waals surface area contributed by atoms with Gasteiger partial charge in [-0.1, -0.05) is 31.9 Å². The first-order valence-electron chi connectivity index (χ1n) is 9.61. The smallest absolute Gasteiger partial charge is 0.408 e. The summed E-state index contributed by atoms with van der Waals surface area (Å²) in [5.74, 6) is -0.0684. The van der Waals surface area contributed by atoms with Crippen molar-refractivity contribution in [3.63, 3.8) is 0 Å². The van der Waals surface area contributed by atoms with E-state index in [9.17, 15) is 9.59 Å². The second-order valence-corrected chi connectivity index (χ2v) is 9.76. The molecule has 154 valence electrons. The Morgan fingerprint density at radius 2 is 1.68 bits per heavy atom. The molecular formula is C21H30N2O3S2. The second-order valence-electron chi connectivity index (χ2n) is 7.69. The number of alkyl carbamates (subject to hydrolysis) is 1. The van der Waals surface area contributed by atoms with Crippen molar-refractivity contribution in [3.8, 4) is 0 Å². The van der Waals surface area contributed by atoms with Gasteiger partial charge in [-0.25, -0.2) is 4.79 Å². The van der Waals surface area contributed by atoms with Crippen molar-refractivity contribution in [2.45, 2.75) is 71.7 Å². The van der Waals surface area contributed by atoms with Gasteiger partial charge in [-0.05, 0) is 50.1 Å². The van der Waals surface area contributed by atoms with Gasteiger partial charge in [0.1, 0.15) is 11.6 Å². The van der Waals surface area contributed by atoms with E-state index in [0.717, 1.165) is 22.6 Å². The molecule has 0 saturated carbocycles. The lowest BCUT2D eigenvalue weighted by Gasteiger charge is -2.28. The molecule has 0 radical (unpaired) electrons. The fourth-order valence-electron chi connectivity index (χ4n) is 2.73. The maximum atomic E-state index is 13.4. The highest BCUT2D eigenvalue weighted by molar-refractivity contribution is 7.10. The first-order chi connectivity index (χ1) is 13.3. The van der Waals surface area contributed by atoms with E-state index in [2.05, 4.69) is 12.2 Å². The van der Waals surface area contributed by atoms with Crippen LogP contribution in [0.15, 0.2) is 35.0 Å². The number of carbonyl (C=O) groups is 2. The number of unbranched alkanes of at least 4 members (excludes halogenated alkanes) is 1. The van der Waals surface area contributed by atoms with Crippen molar-refractivity contribution in [3.05, 3.63) is 44.8 Å². The van der Waals surface area contributed by atoms with Crippen LogP contribution in [0.5, 0.6) is 0 Å². The summed E-state index contributed by atoms with van der Waals surface area (Å²) in [7, 11) is 0. The van der Waals surface area contributed by atoms with E-state index in [1.807, 2.05) is 60.7 Å². The molecule has 0 bridgehead atoms. The number of rotatable bonds is 9. The molecule has 5 nitrogen and oxygen atoms in total. The van der Waals surface area contributed by atoms with Gasteiger partial charge in [-0.2, -0.15) is 0 Å². The molecule has 2 amide bonds. The van der Waals surface area contributed by atoms with Gasteiger partial charge in [0.15, 0.2) is 0 Å². The zero-order valence-corrected chi connectivity index (χ0v) is 18.7. The predicted octanol–water partition coefficient (Wildman–Crippen LogP) is 5.42. The minimum Gasteiger partial charge on any atom is -0.444 e. The minimum absolute atomic E-state index is 0.0684. The van der Waals surface area contributed by atoms with Crippen LogP contribution in [0.1, 0.15) is 56.7 Å². The quantitative estimate of drug-likeness (QED) is 0.587. The van der Waals surface area contributed by atoms with Crippen molar-refractivity contribution in [1.29, 1.82) is 0 Å². The highest BCUT2D eigenvalue weighted by Gasteiger charge is 2.28. The number of nitrogens with one attached hydrogen (secondary N) is 1. The minimum atomic E-state index is -0.601. The molecule has 2 rings (SSSR count). The van der Waals surface area contributed by atoms with E-state index >= 15 is 0 Å². The molecule has 0 spiro atoms. The summed E-state index contributed by atoms with van der Waals surface area (Å²) in [4.78, 5) is 29.7. The maximum absolute atomic E-state index is 13.4. The SMILES string of the molecule is CCCC[C@@H](NC(=O)OC(C)(C)C)C(=O)N(Cc1cccs1)Cc1cccs1. The van der Waals surface area contributed by atoms with Gasteiger partial charge >= 0.3 is 6.09 Å². The summed E-state index contributed by atoms with van der Waals surface area (Å²) in [5.41, 5.74) is -0.601. The van der Waals surface area contributed by atoms with Gasteiger partial charge in [0, 0.05) is 9.75 Å². The molecule has 0 unspecified atom stereocenters. The van der Waals surface area contributed by atoms with Gasteiger partial charge in [-0.3, -0.25) is 4.79 Å². The van der Waals surface area contributed by atoms with Crippen molar-refractivity contribution in [2.75, 3.05) is 0 Å². The third-order valence-electron chi connectivity index (χ3n) is 4.00. The van der Waals surface area contributed by atoms with Crippen molar-refractivity contribution in [1.82, 2.24) is 10.2 Å². The van der Waals surface area contributed by atoms with E-state index in [-0.39, 0.29) is 5.91 Å². The highest BCUT2D eigenvalue weighted by Crippen LogP contribution is 2.19. The van der Waals surface area contributed by atoms with Crippen LogP contribution in [0.2, 0.25) is 0 Å². The molecule has 0 fully saturated rings. The first-order valence-corrected chi connectivity index (χ1v) is 11.4. The number of thiophene rings is 2. The van der Waals surface area contributed by atoms with E-state index in [4.69, 9.17) is 4.74 Å². The third kappa shape index (κ3) is 7.64. The fourth-order valence-corrected chi connectivity index (χ4v) is 4.17. The third-order valence-corrected chi connectivity index (χ3v) is 5.72. The lowest BCUT2D eigenvalue weighted by Crippen LogP contribution is -2.49. The Morgan fingerprint density at radius 1 is 1.11 bits per heavy atom. The van der Waals surface area contributed by atoms with Gasteiger partial charge in [0.25, 0.3) is 0 Å². The number of hydrogen-bond acceptors (Lipinski definition) is 5. The topological polar surface area (TPSA) is 58.6 Å². The lowest BCUT2D eigenvalue weighted by atomic mass is 10.1. The molecule has 2 heterocycles. The Balaban J connectivity index is 2.15. The van der Waals surface area contributed by atoms with E-state index in [1.165, 1.54) is 0 Å². The molecule has 0 aliphatic heterocycles. The van der Waals surface area contributed by atoms with Gasteiger partial charge in [0.05, 0.1) is 13.1 Å². The zero-order valence-electron chi connectivity index (χ0n) is 17.1. The summed E-state index contributed by atoms with van der Waals surface area (Å²) < 4.78 is 5.37. The number of carbonyl (C=O) groups excluding carboxylic acids is 2. The maximum Gasteiger partial charge on any atom is 0.408 e. The van der Waals surface area contributed by atoms with Crippen LogP contribution in [-0.2, 0) is 22.6 Å². The molecule has 0 aromatic carbocycles. The number of ether oxygens (including phenoxy) is 1.